The average molecular weight is 719 g/mol. The topological polar surface area (TPSA) is 39.8 Å². The molecule has 0 saturated carbocycles. The van der Waals surface area contributed by atoms with Crippen LogP contribution in [0.15, 0.2) is 85.1 Å². The molecule has 0 amide bonds. The minimum absolute atomic E-state index is 0. The van der Waals surface area contributed by atoms with E-state index in [0.717, 1.165) is 33.3 Å². The van der Waals surface area contributed by atoms with Gasteiger partial charge in [0, 0.05) is 50.5 Å². The van der Waals surface area contributed by atoms with E-state index in [2.05, 4.69) is 106 Å². The zero-order valence-electron chi connectivity index (χ0n) is 23.7. The van der Waals surface area contributed by atoms with Crippen molar-refractivity contribution in [2.45, 2.75) is 0 Å². The van der Waals surface area contributed by atoms with Crippen LogP contribution < -0.4 is 9.55 Å². The molecule has 10 heteroatoms. The molecular weight excluding hydrogens is 689 g/mol. The number of anilines is 1. The van der Waals surface area contributed by atoms with E-state index in [1.54, 1.807) is 0 Å². The molecule has 5 aromatic rings. The van der Waals surface area contributed by atoms with Crippen molar-refractivity contribution in [2.24, 2.45) is 0 Å². The van der Waals surface area contributed by atoms with Crippen molar-refractivity contribution in [1.82, 2.24) is 19.2 Å². The summed E-state index contributed by atoms with van der Waals surface area (Å²) in [5.41, 5.74) is 2.86. The molecule has 3 aromatic carbocycles. The van der Waals surface area contributed by atoms with Gasteiger partial charge in [0.2, 0.25) is 0 Å². The van der Waals surface area contributed by atoms with Gasteiger partial charge in [0.15, 0.2) is 0 Å². The van der Waals surface area contributed by atoms with Crippen molar-refractivity contribution in [2.75, 3.05) is 40.0 Å². The SMILES string of the molecule is CN(C)B1B(N(C)C)[N+](C)=CC=[C-]N1c1[c-]c(Oc2[c-]c3c(cc2)c2ccccc2n3-c2ccccn2)ccc1.[Pt]. The van der Waals surface area contributed by atoms with E-state index < -0.39 is 0 Å². The molecule has 0 bridgehead atoms. The van der Waals surface area contributed by atoms with Gasteiger partial charge in [-0.3, -0.25) is 4.81 Å². The maximum atomic E-state index is 6.38. The van der Waals surface area contributed by atoms with Crippen LogP contribution in [0.2, 0.25) is 0 Å². The van der Waals surface area contributed by atoms with Crippen molar-refractivity contribution >= 4 is 47.5 Å². The Hall–Kier alpha value is -3.64. The first-order chi connectivity index (χ1) is 19.4. The van der Waals surface area contributed by atoms with Crippen LogP contribution in [-0.4, -0.2) is 78.9 Å². The first-order valence-corrected chi connectivity index (χ1v) is 13.3. The molecule has 1 aliphatic heterocycles. The average Bonchev–Trinajstić information content (AvgIpc) is 3.16. The van der Waals surface area contributed by atoms with Crippen LogP contribution in [-0.2, 0) is 21.1 Å². The summed E-state index contributed by atoms with van der Waals surface area (Å²) in [5, 5.41) is 2.24. The summed E-state index contributed by atoms with van der Waals surface area (Å²) in [5.74, 6) is 2.06. The maximum Gasteiger partial charge on any atom is 0.559 e. The van der Waals surface area contributed by atoms with Crippen LogP contribution in [0, 0.1) is 18.3 Å². The van der Waals surface area contributed by atoms with Gasteiger partial charge in [0.05, 0.1) is 7.05 Å². The third-order valence-electron chi connectivity index (χ3n) is 7.20. The number of benzene rings is 3. The quantitative estimate of drug-likeness (QED) is 0.190. The Labute approximate surface area is 256 Å². The molecule has 0 N–H and O–H groups in total. The van der Waals surface area contributed by atoms with Crippen LogP contribution >= 0.6 is 0 Å². The van der Waals surface area contributed by atoms with Crippen molar-refractivity contribution in [3.63, 3.8) is 0 Å². The van der Waals surface area contributed by atoms with Crippen molar-refractivity contribution in [1.29, 1.82) is 0 Å². The van der Waals surface area contributed by atoms with Gasteiger partial charge in [0.25, 0.3) is 0 Å². The third kappa shape index (κ3) is 5.50. The van der Waals surface area contributed by atoms with Gasteiger partial charge < -0.3 is 23.4 Å². The van der Waals surface area contributed by atoms with Crippen LogP contribution in [0.3, 0.4) is 0 Å². The second-order valence-electron chi connectivity index (χ2n) is 10.4. The van der Waals surface area contributed by atoms with Crippen LogP contribution in [0.25, 0.3) is 27.6 Å². The summed E-state index contributed by atoms with van der Waals surface area (Å²) >= 11 is 0. The van der Waals surface area contributed by atoms with Gasteiger partial charge in [-0.15, -0.1) is 35.9 Å². The summed E-state index contributed by atoms with van der Waals surface area (Å²) < 4.78 is 10.7. The second-order valence-corrected chi connectivity index (χ2v) is 10.4. The van der Waals surface area contributed by atoms with Gasteiger partial charge in [-0.1, -0.05) is 29.8 Å². The molecule has 7 nitrogen and oxygen atoms in total. The van der Waals surface area contributed by atoms with Gasteiger partial charge in [0.1, 0.15) is 5.82 Å². The number of hydrogen-bond acceptors (Lipinski definition) is 5. The zero-order chi connectivity index (χ0) is 27.8. The van der Waals surface area contributed by atoms with Gasteiger partial charge >= 0.3 is 13.7 Å². The van der Waals surface area contributed by atoms with E-state index in [1.165, 1.54) is 0 Å². The minimum Gasteiger partial charge on any atom is -0.510 e. The number of aromatic nitrogens is 2. The van der Waals surface area contributed by atoms with E-state index in [1.807, 2.05) is 67.0 Å². The number of nitrogens with zero attached hydrogens (tertiary/aromatic N) is 6. The summed E-state index contributed by atoms with van der Waals surface area (Å²) in [6.45, 7) is 0.0713. The van der Waals surface area contributed by atoms with E-state index in [9.17, 15) is 0 Å². The number of para-hydroxylation sites is 1. The molecule has 0 unspecified atom stereocenters. The number of rotatable bonds is 6. The Morgan fingerprint density at radius 1 is 0.829 bits per heavy atom. The Morgan fingerprint density at radius 3 is 2.37 bits per heavy atom. The number of hydrogen-bond donors (Lipinski definition) is 0. The minimum atomic E-state index is -0.0153. The number of pyridine rings is 1. The van der Waals surface area contributed by atoms with Crippen molar-refractivity contribution < 1.29 is 30.3 Å². The fourth-order valence-electron chi connectivity index (χ4n) is 5.49. The molecule has 0 aliphatic carbocycles. The molecule has 1 aliphatic rings. The smallest absolute Gasteiger partial charge is 0.510 e. The van der Waals surface area contributed by atoms with E-state index in [-0.39, 0.29) is 34.8 Å². The normalized spacial score (nSPS) is 13.6. The Kier molecular flexibility index (Phi) is 8.50. The molecule has 41 heavy (non-hydrogen) atoms. The molecule has 208 valence electrons. The fraction of sp³-hybridized carbons (Fsp3) is 0.161. The van der Waals surface area contributed by atoms with E-state index >= 15 is 0 Å². The van der Waals surface area contributed by atoms with E-state index in [0.29, 0.717) is 11.5 Å². The first-order valence-electron chi connectivity index (χ1n) is 13.3. The summed E-state index contributed by atoms with van der Waals surface area (Å²) in [7, 11) is 10.4. The molecule has 6 rings (SSSR count). The molecule has 0 fully saturated rings. The molecule has 0 saturated heterocycles. The Bertz CT molecular complexity index is 1740. The summed E-state index contributed by atoms with van der Waals surface area (Å²) in [4.78, 5) is 11.1. The molecule has 0 radical (unpaired) electrons. The maximum absolute atomic E-state index is 6.38. The number of fused-ring (bicyclic) bond motifs is 3. The molecule has 3 heterocycles. The molecule has 0 spiro atoms. The van der Waals surface area contributed by atoms with Crippen LogP contribution in [0.1, 0.15) is 0 Å². The fourth-order valence-corrected chi connectivity index (χ4v) is 5.49. The third-order valence-corrected chi connectivity index (χ3v) is 7.20. The predicted octanol–water partition coefficient (Wildman–Crippen LogP) is 4.60. The summed E-state index contributed by atoms with van der Waals surface area (Å²) in [6.07, 6.45) is 9.24. The monoisotopic (exact) mass is 719 g/mol. The largest absolute Gasteiger partial charge is 0.559 e. The van der Waals surface area contributed by atoms with Crippen molar-refractivity contribution in [3.8, 4) is 17.3 Å². The van der Waals surface area contributed by atoms with Crippen LogP contribution in [0.4, 0.5) is 5.69 Å². The van der Waals surface area contributed by atoms with Crippen molar-refractivity contribution in [3.05, 3.63) is 103 Å². The molecule has 0 atom stereocenters. The van der Waals surface area contributed by atoms with Gasteiger partial charge in [-0.05, 0) is 51.8 Å². The zero-order valence-corrected chi connectivity index (χ0v) is 26.0. The number of allylic oxidation sites excluding steroid dienone is 1. The summed E-state index contributed by atoms with van der Waals surface area (Å²) in [6, 6.07) is 31.3. The van der Waals surface area contributed by atoms with Gasteiger partial charge in [-0.25, -0.2) is 11.1 Å². The Balaban J connectivity index is 0.00000337. The number of ether oxygens (including phenoxy) is 1. The van der Waals surface area contributed by atoms with E-state index in [4.69, 9.17) is 4.74 Å². The van der Waals surface area contributed by atoms with Gasteiger partial charge in [-0.2, -0.15) is 23.9 Å². The standard InChI is InChI=1S/C31H30B2N6O.Pt/c1-35(2)32-33(36(3)4)38(21-11-20-37(32)5)24-12-10-13-25(22-24)40-26-17-18-28-27-14-6-7-15-29(27)39(30(28)23-26)31-16-8-9-19-34-31;/h6-20H,1-5H3;/q-2;. The second kappa shape index (κ2) is 12.1. The Morgan fingerprint density at radius 2 is 1.61 bits per heavy atom. The van der Waals surface area contributed by atoms with Crippen LogP contribution in [0.5, 0.6) is 11.5 Å². The molecule has 2 aromatic heterocycles. The first kappa shape index (κ1) is 28.9. The predicted molar refractivity (Wildman–Crippen MR) is 164 cm³/mol. The molecular formula is C31H30B2N6OPt-2.